The van der Waals surface area contributed by atoms with Gasteiger partial charge in [-0.1, -0.05) is 6.07 Å². The van der Waals surface area contributed by atoms with Crippen LogP contribution in [0.2, 0.25) is 0 Å². The Bertz CT molecular complexity index is 649. The zero-order valence-electron chi connectivity index (χ0n) is 11.5. The van der Waals surface area contributed by atoms with Crippen LogP contribution in [0.15, 0.2) is 47.1 Å². The molecule has 1 aliphatic heterocycles. The molecule has 0 atom stereocenters. The lowest BCUT2D eigenvalue weighted by molar-refractivity contribution is -0.119. The second-order valence-corrected chi connectivity index (χ2v) is 4.98. The van der Waals surface area contributed by atoms with Crippen molar-refractivity contribution in [1.29, 1.82) is 0 Å². The Balaban J connectivity index is 1.77. The number of anilines is 2. The first kappa shape index (κ1) is 13.4. The Morgan fingerprint density at radius 1 is 1.19 bits per heavy atom. The molecule has 1 fully saturated rings. The zero-order chi connectivity index (χ0) is 14.7. The van der Waals surface area contributed by atoms with E-state index in [4.69, 9.17) is 4.42 Å². The topological polar surface area (TPSA) is 62.6 Å². The fraction of sp³-hybridized carbons (Fsp3) is 0.250. The molecule has 5 heteroatoms. The van der Waals surface area contributed by atoms with Crippen molar-refractivity contribution in [3.8, 4) is 0 Å². The van der Waals surface area contributed by atoms with Crippen LogP contribution in [0.4, 0.5) is 11.4 Å². The Labute approximate surface area is 122 Å². The van der Waals surface area contributed by atoms with Crippen molar-refractivity contribution >= 4 is 23.2 Å². The van der Waals surface area contributed by atoms with Crippen molar-refractivity contribution in [1.82, 2.24) is 0 Å². The van der Waals surface area contributed by atoms with Gasteiger partial charge in [0.05, 0.1) is 6.26 Å². The molecule has 2 aromatic rings. The molecule has 1 aliphatic rings. The molecule has 5 nitrogen and oxygen atoms in total. The fourth-order valence-corrected chi connectivity index (χ4v) is 2.43. The summed E-state index contributed by atoms with van der Waals surface area (Å²) >= 11 is 0. The van der Waals surface area contributed by atoms with Gasteiger partial charge in [-0.3, -0.25) is 9.59 Å². The van der Waals surface area contributed by atoms with E-state index >= 15 is 0 Å². The summed E-state index contributed by atoms with van der Waals surface area (Å²) in [7, 11) is 0. The van der Waals surface area contributed by atoms with Gasteiger partial charge in [-0.2, -0.15) is 0 Å². The van der Waals surface area contributed by atoms with Crippen molar-refractivity contribution in [3.05, 3.63) is 48.4 Å². The lowest BCUT2D eigenvalue weighted by Crippen LogP contribution is -2.35. The van der Waals surface area contributed by atoms with Crippen LogP contribution >= 0.6 is 0 Å². The standard InChI is InChI=1S/C16H16N2O3/c19-15-8-1-2-9-18(15)13-6-3-5-12(11-13)17-16(20)14-7-4-10-21-14/h3-7,10-11H,1-2,8-9H2,(H,17,20). The molecular formula is C16H16N2O3. The molecule has 0 saturated carbocycles. The van der Waals surface area contributed by atoms with E-state index in [1.165, 1.54) is 6.26 Å². The summed E-state index contributed by atoms with van der Waals surface area (Å²) < 4.78 is 5.05. The summed E-state index contributed by atoms with van der Waals surface area (Å²) in [5.41, 5.74) is 1.46. The number of hydrogen-bond donors (Lipinski definition) is 1. The molecule has 1 N–H and O–H groups in total. The molecule has 0 spiro atoms. The average Bonchev–Trinajstić information content (AvgIpc) is 3.02. The zero-order valence-corrected chi connectivity index (χ0v) is 11.5. The largest absolute Gasteiger partial charge is 0.459 e. The van der Waals surface area contributed by atoms with E-state index in [1.54, 1.807) is 23.1 Å². The van der Waals surface area contributed by atoms with Gasteiger partial charge in [-0.25, -0.2) is 0 Å². The van der Waals surface area contributed by atoms with Crippen LogP contribution in [0.3, 0.4) is 0 Å². The second-order valence-electron chi connectivity index (χ2n) is 4.98. The third-order valence-electron chi connectivity index (χ3n) is 3.48. The van der Waals surface area contributed by atoms with Crippen LogP contribution in [0.1, 0.15) is 29.8 Å². The minimum Gasteiger partial charge on any atom is -0.459 e. The van der Waals surface area contributed by atoms with Gasteiger partial charge in [0.15, 0.2) is 5.76 Å². The monoisotopic (exact) mass is 284 g/mol. The van der Waals surface area contributed by atoms with E-state index < -0.39 is 0 Å². The van der Waals surface area contributed by atoms with Crippen LogP contribution in [0.25, 0.3) is 0 Å². The Hall–Kier alpha value is -2.56. The average molecular weight is 284 g/mol. The Morgan fingerprint density at radius 2 is 2.10 bits per heavy atom. The van der Waals surface area contributed by atoms with Gasteiger partial charge >= 0.3 is 0 Å². The molecule has 0 aliphatic carbocycles. The summed E-state index contributed by atoms with van der Waals surface area (Å²) in [6, 6.07) is 10.6. The molecule has 2 amide bonds. The number of benzene rings is 1. The van der Waals surface area contributed by atoms with E-state index in [2.05, 4.69) is 5.32 Å². The predicted octanol–water partition coefficient (Wildman–Crippen LogP) is 3.05. The van der Waals surface area contributed by atoms with Gasteiger partial charge in [0, 0.05) is 24.3 Å². The number of piperidine rings is 1. The van der Waals surface area contributed by atoms with E-state index in [-0.39, 0.29) is 17.6 Å². The normalized spacial score (nSPS) is 15.0. The maximum absolute atomic E-state index is 11.9. The van der Waals surface area contributed by atoms with E-state index in [9.17, 15) is 9.59 Å². The molecule has 1 saturated heterocycles. The Kier molecular flexibility index (Phi) is 3.73. The SMILES string of the molecule is O=C(Nc1cccc(N2CCCCC2=O)c1)c1ccco1. The Morgan fingerprint density at radius 3 is 2.86 bits per heavy atom. The maximum atomic E-state index is 11.9. The number of furan rings is 1. The van der Waals surface area contributed by atoms with Crippen LogP contribution in [0, 0.1) is 0 Å². The summed E-state index contributed by atoms with van der Waals surface area (Å²) in [6.07, 6.45) is 4.00. The highest BCUT2D eigenvalue weighted by Gasteiger charge is 2.20. The molecule has 0 unspecified atom stereocenters. The minimum atomic E-state index is -0.304. The molecule has 21 heavy (non-hydrogen) atoms. The van der Waals surface area contributed by atoms with Crippen molar-refractivity contribution in [2.24, 2.45) is 0 Å². The summed E-state index contributed by atoms with van der Waals surface area (Å²) in [5.74, 6) is 0.0901. The molecule has 1 aromatic carbocycles. The third kappa shape index (κ3) is 2.97. The van der Waals surface area contributed by atoms with Gasteiger partial charge in [-0.05, 0) is 43.2 Å². The number of hydrogen-bond acceptors (Lipinski definition) is 3. The third-order valence-corrected chi connectivity index (χ3v) is 3.48. The van der Waals surface area contributed by atoms with Crippen LogP contribution in [-0.2, 0) is 4.79 Å². The lowest BCUT2D eigenvalue weighted by Gasteiger charge is -2.27. The number of carbonyl (C=O) groups is 2. The molecule has 2 heterocycles. The van der Waals surface area contributed by atoms with Crippen molar-refractivity contribution in [2.45, 2.75) is 19.3 Å². The highest BCUT2D eigenvalue weighted by molar-refractivity contribution is 6.03. The fourth-order valence-electron chi connectivity index (χ4n) is 2.43. The molecular weight excluding hydrogens is 268 g/mol. The smallest absolute Gasteiger partial charge is 0.291 e. The highest BCUT2D eigenvalue weighted by Crippen LogP contribution is 2.24. The summed E-state index contributed by atoms with van der Waals surface area (Å²) in [6.45, 7) is 0.731. The summed E-state index contributed by atoms with van der Waals surface area (Å²) in [5, 5.41) is 2.77. The van der Waals surface area contributed by atoms with E-state index in [0.29, 0.717) is 12.1 Å². The number of nitrogens with one attached hydrogen (secondary N) is 1. The highest BCUT2D eigenvalue weighted by atomic mass is 16.3. The van der Waals surface area contributed by atoms with Crippen molar-refractivity contribution in [2.75, 3.05) is 16.8 Å². The number of carbonyl (C=O) groups excluding carboxylic acids is 2. The first-order valence-corrected chi connectivity index (χ1v) is 6.99. The molecule has 0 bridgehead atoms. The molecule has 3 rings (SSSR count). The molecule has 1 aromatic heterocycles. The minimum absolute atomic E-state index is 0.135. The predicted molar refractivity (Wildman–Crippen MR) is 79.3 cm³/mol. The van der Waals surface area contributed by atoms with Crippen LogP contribution < -0.4 is 10.2 Å². The van der Waals surface area contributed by atoms with Gasteiger partial charge in [0.1, 0.15) is 0 Å². The maximum Gasteiger partial charge on any atom is 0.291 e. The van der Waals surface area contributed by atoms with Crippen molar-refractivity contribution < 1.29 is 14.0 Å². The molecule has 0 radical (unpaired) electrons. The lowest BCUT2D eigenvalue weighted by atomic mass is 10.1. The van der Waals surface area contributed by atoms with Gasteiger partial charge in [0.25, 0.3) is 5.91 Å². The quantitative estimate of drug-likeness (QED) is 0.942. The van der Waals surface area contributed by atoms with Crippen molar-refractivity contribution in [3.63, 3.8) is 0 Å². The number of nitrogens with zero attached hydrogens (tertiary/aromatic N) is 1. The van der Waals surface area contributed by atoms with Gasteiger partial charge in [0.2, 0.25) is 5.91 Å². The van der Waals surface area contributed by atoms with Crippen LogP contribution in [-0.4, -0.2) is 18.4 Å². The van der Waals surface area contributed by atoms with Gasteiger partial charge < -0.3 is 14.6 Å². The van der Waals surface area contributed by atoms with E-state index in [0.717, 1.165) is 25.1 Å². The van der Waals surface area contributed by atoms with Crippen LogP contribution in [0.5, 0.6) is 0 Å². The summed E-state index contributed by atoms with van der Waals surface area (Å²) in [4.78, 5) is 25.7. The number of rotatable bonds is 3. The second kappa shape index (κ2) is 5.83. The van der Waals surface area contributed by atoms with Gasteiger partial charge in [-0.15, -0.1) is 0 Å². The number of amides is 2. The first-order valence-electron chi connectivity index (χ1n) is 6.99. The van der Waals surface area contributed by atoms with E-state index in [1.807, 2.05) is 18.2 Å². The molecule has 108 valence electrons. The first-order chi connectivity index (χ1) is 10.2.